The molecule has 2 aromatic rings. The number of carbonyl (C=O) groups is 1. The number of carbonyl (C=O) groups excluding carboxylic acids is 1. The van der Waals surface area contributed by atoms with Crippen LogP contribution in [0.15, 0.2) is 47.4 Å². The fourth-order valence-corrected chi connectivity index (χ4v) is 8.14. The van der Waals surface area contributed by atoms with Gasteiger partial charge in [0.05, 0.1) is 18.0 Å². The fraction of sp³-hybridized carbons (Fsp3) is 0.500. The first-order valence-corrected chi connectivity index (χ1v) is 14.7. The van der Waals surface area contributed by atoms with Crippen molar-refractivity contribution in [3.8, 4) is 0 Å². The topological polar surface area (TPSA) is 89.3 Å². The Morgan fingerprint density at radius 1 is 1.13 bits per heavy atom. The lowest BCUT2D eigenvalue weighted by Gasteiger charge is -2.43. The Hall–Kier alpha value is -2.81. The molecule has 202 valence electrons. The van der Waals surface area contributed by atoms with Gasteiger partial charge in [-0.1, -0.05) is 24.3 Å². The first-order valence-electron chi connectivity index (χ1n) is 13.2. The van der Waals surface area contributed by atoms with Crippen LogP contribution < -0.4 is 10.6 Å². The predicted octanol–water partition coefficient (Wildman–Crippen LogP) is 2.81. The minimum absolute atomic E-state index is 0.102. The first-order chi connectivity index (χ1) is 18.2. The summed E-state index contributed by atoms with van der Waals surface area (Å²) in [4.78, 5) is 21.1. The minimum Gasteiger partial charge on any atom is -0.325 e. The zero-order valence-corrected chi connectivity index (χ0v) is 23.0. The zero-order valence-electron chi connectivity index (χ0n) is 22.2. The number of nitrogens with one attached hydrogen (secondary N) is 2. The third kappa shape index (κ3) is 5.35. The van der Waals surface area contributed by atoms with E-state index in [0.29, 0.717) is 30.9 Å². The lowest BCUT2D eigenvalue weighted by Crippen LogP contribution is -2.59. The number of hydrogen-bond acceptors (Lipinski definition) is 6. The van der Waals surface area contributed by atoms with Crippen LogP contribution in [-0.4, -0.2) is 85.3 Å². The molecule has 3 saturated heterocycles. The molecular weight excluding hydrogens is 500 g/mol. The van der Waals surface area contributed by atoms with Crippen molar-refractivity contribution in [2.24, 2.45) is 0 Å². The number of nitrogens with zero attached hydrogens (tertiary/aromatic N) is 4. The van der Waals surface area contributed by atoms with E-state index in [1.165, 1.54) is 28.4 Å². The molecule has 4 atom stereocenters. The van der Waals surface area contributed by atoms with Crippen LogP contribution in [0.2, 0.25) is 0 Å². The molecule has 0 spiro atoms. The van der Waals surface area contributed by atoms with Gasteiger partial charge in [-0.2, -0.15) is 4.31 Å². The lowest BCUT2D eigenvalue weighted by molar-refractivity contribution is -0.118. The number of benzene rings is 2. The molecule has 3 fully saturated rings. The molecular formula is C28H36N6O3S. The summed E-state index contributed by atoms with van der Waals surface area (Å²) < 4.78 is 28.3. The van der Waals surface area contributed by atoms with E-state index in [-0.39, 0.29) is 29.4 Å². The van der Waals surface area contributed by atoms with E-state index in [1.807, 2.05) is 30.9 Å². The first kappa shape index (κ1) is 26.8. The smallest absolute Gasteiger partial charge is 0.242 e. The van der Waals surface area contributed by atoms with Gasteiger partial charge < -0.3 is 10.6 Å². The number of likely N-dealkylation sites (tertiary alicyclic amines) is 1. The molecule has 3 heterocycles. The Morgan fingerprint density at radius 2 is 1.87 bits per heavy atom. The molecule has 3 aliphatic heterocycles. The van der Waals surface area contributed by atoms with Crippen LogP contribution in [0.25, 0.3) is 4.85 Å². The average Bonchev–Trinajstić information content (AvgIpc) is 3.49. The van der Waals surface area contributed by atoms with Crippen molar-refractivity contribution < 1.29 is 13.2 Å². The van der Waals surface area contributed by atoms with Crippen LogP contribution in [0, 0.1) is 13.5 Å². The highest BCUT2D eigenvalue weighted by molar-refractivity contribution is 7.89. The molecule has 5 rings (SSSR count). The largest absolute Gasteiger partial charge is 0.325 e. The van der Waals surface area contributed by atoms with Crippen molar-refractivity contribution in [3.63, 3.8) is 0 Å². The second-order valence-corrected chi connectivity index (χ2v) is 12.7. The summed E-state index contributed by atoms with van der Waals surface area (Å²) in [5.41, 5.74) is 3.46. The van der Waals surface area contributed by atoms with Gasteiger partial charge in [-0.15, -0.1) is 0 Å². The molecule has 9 nitrogen and oxygen atoms in total. The van der Waals surface area contributed by atoms with Crippen LogP contribution in [-0.2, 0) is 21.4 Å². The van der Waals surface area contributed by atoms with Gasteiger partial charge in [0.2, 0.25) is 15.9 Å². The quantitative estimate of drug-likeness (QED) is 0.529. The van der Waals surface area contributed by atoms with E-state index in [4.69, 9.17) is 6.57 Å². The minimum atomic E-state index is -3.76. The molecule has 2 aromatic carbocycles. The Kier molecular flexibility index (Phi) is 7.58. The number of anilines is 1. The van der Waals surface area contributed by atoms with Crippen molar-refractivity contribution in [2.75, 3.05) is 38.0 Å². The Labute approximate surface area is 225 Å². The average molecular weight is 537 g/mol. The van der Waals surface area contributed by atoms with Gasteiger partial charge in [0.15, 0.2) is 5.69 Å². The van der Waals surface area contributed by atoms with Crippen molar-refractivity contribution in [1.29, 1.82) is 0 Å². The molecule has 1 amide bonds. The maximum absolute atomic E-state index is 13.4. The van der Waals surface area contributed by atoms with E-state index in [2.05, 4.69) is 33.4 Å². The summed E-state index contributed by atoms with van der Waals surface area (Å²) in [6.45, 7) is 17.1. The molecule has 3 aliphatic rings. The van der Waals surface area contributed by atoms with Crippen LogP contribution in [0.3, 0.4) is 0 Å². The van der Waals surface area contributed by atoms with Crippen molar-refractivity contribution >= 4 is 27.3 Å². The third-order valence-electron chi connectivity index (χ3n) is 8.07. The number of amides is 1. The maximum atomic E-state index is 13.4. The standard InChI is InChI=1S/C28H36N6O3S/c1-19-14-32(15-20(2)34(19)38(36,37)26-9-6-8-23(12-26)29-4)18-28(35)31-27-10-5-7-22(21(27)3)16-33-17-24-11-25(33)13-30-24/h5-10,12,19-20,24-25,30H,11,13-18H2,1-3H3,(H,31,35). The van der Waals surface area contributed by atoms with E-state index in [0.717, 1.165) is 30.9 Å². The highest BCUT2D eigenvalue weighted by Crippen LogP contribution is 2.29. The van der Waals surface area contributed by atoms with Gasteiger partial charge in [0, 0.05) is 62.6 Å². The second kappa shape index (κ2) is 10.8. The predicted molar refractivity (Wildman–Crippen MR) is 148 cm³/mol. The maximum Gasteiger partial charge on any atom is 0.242 e. The van der Waals surface area contributed by atoms with Crippen LogP contribution >= 0.6 is 0 Å². The van der Waals surface area contributed by atoms with Gasteiger partial charge in [0.25, 0.3) is 0 Å². The number of sulfonamides is 1. The zero-order chi connectivity index (χ0) is 27.0. The lowest BCUT2D eigenvalue weighted by atomic mass is 10.1. The van der Waals surface area contributed by atoms with E-state index < -0.39 is 10.0 Å². The van der Waals surface area contributed by atoms with E-state index in [9.17, 15) is 13.2 Å². The van der Waals surface area contributed by atoms with E-state index in [1.54, 1.807) is 12.1 Å². The molecule has 38 heavy (non-hydrogen) atoms. The van der Waals surface area contributed by atoms with Crippen LogP contribution in [0.1, 0.15) is 31.4 Å². The Balaban J connectivity index is 1.21. The SMILES string of the molecule is [C-]#[N+]c1cccc(S(=O)(=O)N2C(C)CN(CC(=O)Nc3cccc(CN4CC5CC4CN5)c3C)CC2C)c1. The molecule has 10 heteroatoms. The summed E-state index contributed by atoms with van der Waals surface area (Å²) in [6, 6.07) is 12.8. The van der Waals surface area contributed by atoms with Crippen molar-refractivity contribution in [2.45, 2.75) is 62.8 Å². The molecule has 2 bridgehead atoms. The molecule has 0 radical (unpaired) electrons. The molecule has 0 aromatic heterocycles. The monoisotopic (exact) mass is 536 g/mol. The highest BCUT2D eigenvalue weighted by Gasteiger charge is 2.39. The Morgan fingerprint density at radius 3 is 2.53 bits per heavy atom. The Bertz CT molecular complexity index is 1340. The summed E-state index contributed by atoms with van der Waals surface area (Å²) >= 11 is 0. The fourth-order valence-electron chi connectivity index (χ4n) is 6.30. The highest BCUT2D eigenvalue weighted by atomic mass is 32.2. The van der Waals surface area contributed by atoms with Gasteiger partial charge in [-0.05, 0) is 56.5 Å². The molecule has 0 saturated carbocycles. The molecule has 0 aliphatic carbocycles. The van der Waals surface area contributed by atoms with Crippen molar-refractivity contribution in [3.05, 3.63) is 65.0 Å². The van der Waals surface area contributed by atoms with Gasteiger partial charge in [-0.3, -0.25) is 14.6 Å². The van der Waals surface area contributed by atoms with Crippen LogP contribution in [0.5, 0.6) is 0 Å². The number of rotatable bonds is 7. The summed E-state index contributed by atoms with van der Waals surface area (Å²) in [7, 11) is -3.76. The van der Waals surface area contributed by atoms with Gasteiger partial charge >= 0.3 is 0 Å². The number of hydrogen-bond donors (Lipinski definition) is 2. The van der Waals surface area contributed by atoms with Crippen LogP contribution in [0.4, 0.5) is 11.4 Å². The summed E-state index contributed by atoms with van der Waals surface area (Å²) in [5.74, 6) is -0.102. The van der Waals surface area contributed by atoms with Gasteiger partial charge in [0.1, 0.15) is 0 Å². The molecule has 2 N–H and O–H groups in total. The third-order valence-corrected chi connectivity index (χ3v) is 10.2. The normalized spacial score (nSPS) is 26.4. The molecule has 4 unspecified atom stereocenters. The number of piperazine rings is 2. The van der Waals surface area contributed by atoms with Gasteiger partial charge in [-0.25, -0.2) is 13.3 Å². The van der Waals surface area contributed by atoms with Crippen molar-refractivity contribution in [1.82, 2.24) is 19.4 Å². The summed E-state index contributed by atoms with van der Waals surface area (Å²) in [6.07, 6.45) is 1.22. The second-order valence-electron chi connectivity index (χ2n) is 10.9. The van der Waals surface area contributed by atoms with E-state index >= 15 is 0 Å². The summed E-state index contributed by atoms with van der Waals surface area (Å²) in [5, 5.41) is 6.64. The number of fused-ring (bicyclic) bond motifs is 2.